The van der Waals surface area contributed by atoms with E-state index in [1.54, 1.807) is 0 Å². The van der Waals surface area contributed by atoms with Crippen LogP contribution in [0.1, 0.15) is 51.7 Å². The fraction of sp³-hybridized carbons (Fsp3) is 0.157. The fourth-order valence-corrected chi connectivity index (χ4v) is 7.50. The summed E-state index contributed by atoms with van der Waals surface area (Å²) in [5.41, 5.74) is 14.5. The van der Waals surface area contributed by atoms with E-state index in [2.05, 4.69) is 226 Å². The third-order valence-corrected chi connectivity index (χ3v) is 10.6. The van der Waals surface area contributed by atoms with Crippen molar-refractivity contribution >= 4 is 22.6 Å². The molecule has 0 aliphatic heterocycles. The third kappa shape index (κ3) is 7.61. The molecular weight excluding hydrogens is 641 g/mol. The van der Waals surface area contributed by atoms with Crippen LogP contribution in [0.5, 0.6) is 0 Å². The van der Waals surface area contributed by atoms with E-state index < -0.39 is 0 Å². The molecule has 6 rings (SSSR count). The topological polar surface area (TPSA) is 6.48 Å². The number of benzene rings is 5. The van der Waals surface area contributed by atoms with E-state index in [-0.39, 0.29) is 17.4 Å². The summed E-state index contributed by atoms with van der Waals surface area (Å²) in [5, 5.41) is 0. The van der Waals surface area contributed by atoms with Crippen LogP contribution in [0, 0.1) is 5.41 Å². The zero-order valence-corrected chi connectivity index (χ0v) is 31.7. The van der Waals surface area contributed by atoms with Gasteiger partial charge in [0.25, 0.3) is 0 Å². The smallest absolute Gasteiger partial charge is 0.0616 e. The molecule has 0 saturated carbocycles. The number of nitrogens with zero attached hydrogens (tertiary/aromatic N) is 2. The first kappa shape index (κ1) is 36.7. The molecule has 0 aromatic heterocycles. The van der Waals surface area contributed by atoms with Crippen LogP contribution in [0.3, 0.4) is 0 Å². The Kier molecular flexibility index (Phi) is 11.7. The van der Waals surface area contributed by atoms with Gasteiger partial charge in [-0.15, -0.1) is 5.73 Å². The Labute approximate surface area is 317 Å². The van der Waals surface area contributed by atoms with Gasteiger partial charge < -0.3 is 9.80 Å². The predicted molar refractivity (Wildman–Crippen MR) is 229 cm³/mol. The number of hydrogen-bond acceptors (Lipinski definition) is 2. The Hall–Kier alpha value is -6.08. The van der Waals surface area contributed by atoms with Crippen molar-refractivity contribution in [1.82, 2.24) is 0 Å². The lowest BCUT2D eigenvalue weighted by molar-refractivity contribution is 0.279. The molecule has 5 aromatic rings. The molecule has 0 saturated heterocycles. The van der Waals surface area contributed by atoms with E-state index in [1.165, 1.54) is 33.6 Å². The Morgan fingerprint density at radius 2 is 1.36 bits per heavy atom. The van der Waals surface area contributed by atoms with Gasteiger partial charge in [-0.1, -0.05) is 166 Å². The average molecular weight is 691 g/mol. The van der Waals surface area contributed by atoms with Gasteiger partial charge in [0.2, 0.25) is 0 Å². The highest BCUT2D eigenvalue weighted by Crippen LogP contribution is 2.52. The summed E-state index contributed by atoms with van der Waals surface area (Å²) in [7, 11) is 0. The van der Waals surface area contributed by atoms with Gasteiger partial charge in [-0.2, -0.15) is 0 Å². The summed E-state index contributed by atoms with van der Waals surface area (Å²) >= 11 is 0. The highest BCUT2D eigenvalue weighted by atomic mass is 15.2. The van der Waals surface area contributed by atoms with Gasteiger partial charge in [-0.3, -0.25) is 0 Å². The Morgan fingerprint density at radius 1 is 0.736 bits per heavy atom. The van der Waals surface area contributed by atoms with Crippen molar-refractivity contribution in [3.63, 3.8) is 0 Å². The van der Waals surface area contributed by atoms with Crippen LogP contribution in [-0.4, -0.2) is 6.04 Å². The largest absolute Gasteiger partial charge is 0.333 e. The summed E-state index contributed by atoms with van der Waals surface area (Å²) < 4.78 is 0. The molecule has 2 nitrogen and oxygen atoms in total. The van der Waals surface area contributed by atoms with Crippen LogP contribution in [0.2, 0.25) is 0 Å². The minimum Gasteiger partial charge on any atom is -0.333 e. The first-order valence-electron chi connectivity index (χ1n) is 18.6. The normalized spacial score (nSPS) is 17.9. The molecule has 53 heavy (non-hydrogen) atoms. The van der Waals surface area contributed by atoms with Crippen molar-refractivity contribution in [1.29, 1.82) is 0 Å². The molecule has 2 heteroatoms. The monoisotopic (exact) mass is 690 g/mol. The first-order chi connectivity index (χ1) is 25.9. The van der Waals surface area contributed by atoms with Crippen LogP contribution in [0.15, 0.2) is 212 Å². The molecule has 0 heterocycles. The third-order valence-electron chi connectivity index (χ3n) is 10.6. The van der Waals surface area contributed by atoms with Crippen molar-refractivity contribution in [2.75, 3.05) is 9.80 Å². The maximum atomic E-state index is 3.94. The van der Waals surface area contributed by atoms with Crippen molar-refractivity contribution in [3.8, 4) is 11.1 Å². The molecule has 3 atom stereocenters. The molecule has 0 fully saturated rings. The van der Waals surface area contributed by atoms with Gasteiger partial charge in [0.1, 0.15) is 0 Å². The number of rotatable bonds is 13. The summed E-state index contributed by atoms with van der Waals surface area (Å²) in [6.45, 7) is 15.0. The molecule has 264 valence electrons. The Balaban J connectivity index is 1.39. The molecule has 1 aliphatic rings. The maximum absolute atomic E-state index is 3.94. The lowest BCUT2D eigenvalue weighted by Gasteiger charge is -2.51. The van der Waals surface area contributed by atoms with E-state index in [1.807, 2.05) is 19.1 Å². The van der Waals surface area contributed by atoms with Gasteiger partial charge >= 0.3 is 0 Å². The zero-order chi connectivity index (χ0) is 37.2. The van der Waals surface area contributed by atoms with Crippen molar-refractivity contribution in [3.05, 3.63) is 223 Å². The second-order valence-electron chi connectivity index (χ2n) is 13.6. The Bertz CT molecular complexity index is 2180. The summed E-state index contributed by atoms with van der Waals surface area (Å²) in [6.07, 6.45) is 17.3. The number of hydrogen-bond donors (Lipinski definition) is 0. The van der Waals surface area contributed by atoms with E-state index in [0.29, 0.717) is 0 Å². The second kappa shape index (κ2) is 17.0. The minimum absolute atomic E-state index is 0.136. The van der Waals surface area contributed by atoms with Crippen LogP contribution < -0.4 is 9.80 Å². The zero-order valence-electron chi connectivity index (χ0n) is 31.7. The molecule has 1 aliphatic carbocycles. The number of allylic oxidation sites excluding steroid dienone is 7. The summed E-state index contributed by atoms with van der Waals surface area (Å²) in [4.78, 5) is 4.84. The van der Waals surface area contributed by atoms with Gasteiger partial charge in [-0.25, -0.2) is 0 Å². The molecule has 5 aromatic carbocycles. The lowest BCUT2D eigenvalue weighted by atomic mass is 9.62. The van der Waals surface area contributed by atoms with Crippen LogP contribution in [0.4, 0.5) is 17.1 Å². The highest BCUT2D eigenvalue weighted by Gasteiger charge is 2.46. The van der Waals surface area contributed by atoms with Gasteiger partial charge in [0.05, 0.1) is 11.7 Å². The van der Waals surface area contributed by atoms with E-state index in [9.17, 15) is 0 Å². The highest BCUT2D eigenvalue weighted by molar-refractivity contribution is 5.86. The van der Waals surface area contributed by atoms with Crippen LogP contribution in [-0.2, 0) is 0 Å². The molecule has 0 amide bonds. The first-order valence-corrected chi connectivity index (χ1v) is 18.6. The van der Waals surface area contributed by atoms with Crippen molar-refractivity contribution in [2.24, 2.45) is 5.41 Å². The molecule has 0 bridgehead atoms. The van der Waals surface area contributed by atoms with Gasteiger partial charge in [-0.05, 0) is 79.8 Å². The average Bonchev–Trinajstić information content (AvgIpc) is 3.21. The van der Waals surface area contributed by atoms with Gasteiger partial charge in [0, 0.05) is 45.4 Å². The second-order valence-corrected chi connectivity index (χ2v) is 13.6. The van der Waals surface area contributed by atoms with E-state index >= 15 is 0 Å². The fourth-order valence-electron chi connectivity index (χ4n) is 7.50. The lowest BCUT2D eigenvalue weighted by Crippen LogP contribution is -2.50. The molecule has 0 N–H and O–H groups in total. The Morgan fingerprint density at radius 3 is 1.94 bits per heavy atom. The standard InChI is InChI=1S/C51H50N2/c1-7-11-28-43(23-8-2)52(48(10-4)46(9-3)41-24-15-12-16-25-41)45-35-33-40(34-36-45)39(5)51(6)38-37-50(51)53(44-29-19-14-20-30-44)49-32-22-21-31-47(49)42-26-17-13-18-27-42/h7,9-39,50H,2H2,1,3-6H3/b11-7-,43-28+,46-9-,48-10+/t39-,50?,51+/m1/s1. The number of para-hydroxylation sites is 2. The van der Waals surface area contributed by atoms with Crippen molar-refractivity contribution in [2.45, 2.75) is 46.6 Å². The maximum Gasteiger partial charge on any atom is 0.0616 e. The molecular formula is C51H50N2. The van der Waals surface area contributed by atoms with E-state index in [0.717, 1.165) is 22.7 Å². The minimum atomic E-state index is -0.136. The SMILES string of the molecule is C=C=C/C(=C\C=C/C)N(C(=C/C)/C(=C\C)c1ccccc1)c1ccc([C@@H](C)[C@]2(C)C=CC2N(c2ccccc2)c2ccccc2-c2ccccc2)cc1. The predicted octanol–water partition coefficient (Wildman–Crippen LogP) is 13.9. The molecule has 1 unspecified atom stereocenters. The van der Waals surface area contributed by atoms with Crippen molar-refractivity contribution < 1.29 is 0 Å². The van der Waals surface area contributed by atoms with E-state index in [4.69, 9.17) is 0 Å². The quantitative estimate of drug-likeness (QED) is 0.0689. The molecule has 0 spiro atoms. The van der Waals surface area contributed by atoms with Gasteiger partial charge in [0.15, 0.2) is 0 Å². The summed E-state index contributed by atoms with van der Waals surface area (Å²) in [6, 6.07) is 50.2. The number of anilines is 3. The van der Waals surface area contributed by atoms with Crippen LogP contribution >= 0.6 is 0 Å². The molecule has 0 radical (unpaired) electrons. The summed E-state index contributed by atoms with van der Waals surface area (Å²) in [5.74, 6) is 0.234. The van der Waals surface area contributed by atoms with Crippen LogP contribution in [0.25, 0.3) is 16.7 Å².